The average Bonchev–Trinajstić information content (AvgIpc) is 3.06. The van der Waals surface area contributed by atoms with E-state index in [4.69, 9.17) is 4.74 Å². The molecule has 2 aromatic carbocycles. The van der Waals surface area contributed by atoms with Gasteiger partial charge in [0.15, 0.2) is 0 Å². The van der Waals surface area contributed by atoms with Crippen LogP contribution in [0, 0.1) is 5.82 Å². The van der Waals surface area contributed by atoms with Crippen molar-refractivity contribution in [3.05, 3.63) is 60.0 Å². The van der Waals surface area contributed by atoms with E-state index >= 15 is 0 Å². The largest absolute Gasteiger partial charge is 0.383 e. The lowest BCUT2D eigenvalue weighted by atomic mass is 10.1. The van der Waals surface area contributed by atoms with Crippen molar-refractivity contribution in [2.24, 2.45) is 0 Å². The van der Waals surface area contributed by atoms with Crippen LogP contribution in [-0.4, -0.2) is 57.2 Å². The van der Waals surface area contributed by atoms with Gasteiger partial charge in [0.2, 0.25) is 0 Å². The number of piperazine rings is 1. The van der Waals surface area contributed by atoms with Crippen molar-refractivity contribution in [2.75, 3.05) is 62.0 Å². The number of benzene rings is 2. The summed E-state index contributed by atoms with van der Waals surface area (Å²) in [6.07, 6.45) is 1.63. The zero-order valence-corrected chi connectivity index (χ0v) is 16.5. The van der Waals surface area contributed by atoms with Crippen LogP contribution >= 0.6 is 0 Å². The van der Waals surface area contributed by atoms with Gasteiger partial charge in [0.25, 0.3) is 5.91 Å². The maximum Gasteiger partial charge on any atom is 0.257 e. The van der Waals surface area contributed by atoms with Crippen molar-refractivity contribution in [1.29, 1.82) is 0 Å². The van der Waals surface area contributed by atoms with Crippen molar-refractivity contribution < 1.29 is 13.9 Å². The Bertz CT molecular complexity index is 923. The molecule has 0 saturated carbocycles. The zero-order chi connectivity index (χ0) is 20.2. The zero-order valence-electron chi connectivity index (χ0n) is 16.5. The summed E-state index contributed by atoms with van der Waals surface area (Å²) in [5, 5.41) is 5.88. The molecule has 0 atom stereocenters. The minimum atomic E-state index is -0.269. The molecule has 7 heteroatoms. The number of carbonyl (C=O) groups is 1. The number of nitrogens with one attached hydrogen (secondary N) is 2. The summed E-state index contributed by atoms with van der Waals surface area (Å²) in [7, 11) is 1.70. The molecule has 0 radical (unpaired) electrons. The summed E-state index contributed by atoms with van der Waals surface area (Å²) < 4.78 is 19.9. The molecule has 1 fully saturated rings. The second-order valence-corrected chi connectivity index (χ2v) is 7.19. The van der Waals surface area contributed by atoms with Gasteiger partial charge in [0.05, 0.1) is 17.9 Å². The number of anilines is 3. The van der Waals surface area contributed by atoms with E-state index in [2.05, 4.69) is 20.4 Å². The molecule has 0 aromatic heterocycles. The van der Waals surface area contributed by atoms with Crippen LogP contribution < -0.4 is 15.5 Å². The van der Waals surface area contributed by atoms with E-state index in [1.807, 2.05) is 30.3 Å². The summed E-state index contributed by atoms with van der Waals surface area (Å²) >= 11 is 0. The summed E-state index contributed by atoms with van der Waals surface area (Å²) in [5.41, 5.74) is 3.38. The first kappa shape index (κ1) is 19.4. The first-order chi connectivity index (χ1) is 14.2. The number of carbonyl (C=O) groups excluding carboxylic acids is 1. The fourth-order valence-corrected chi connectivity index (χ4v) is 3.72. The van der Waals surface area contributed by atoms with E-state index in [1.165, 1.54) is 6.07 Å². The number of amides is 1. The molecule has 0 spiro atoms. The lowest BCUT2D eigenvalue weighted by Crippen LogP contribution is -2.47. The molecule has 2 N–H and O–H groups in total. The third-order valence-corrected chi connectivity index (χ3v) is 5.37. The highest BCUT2D eigenvalue weighted by atomic mass is 19.1. The van der Waals surface area contributed by atoms with Crippen LogP contribution in [0.4, 0.5) is 21.5 Å². The highest BCUT2D eigenvalue weighted by Gasteiger charge is 2.23. The Morgan fingerprint density at radius 1 is 1.17 bits per heavy atom. The van der Waals surface area contributed by atoms with Gasteiger partial charge in [-0.1, -0.05) is 18.2 Å². The van der Waals surface area contributed by atoms with Gasteiger partial charge in [-0.25, -0.2) is 4.39 Å². The van der Waals surface area contributed by atoms with Crippen LogP contribution in [0.2, 0.25) is 0 Å². The number of methoxy groups -OCH3 is 1. The number of hydrogen-bond acceptors (Lipinski definition) is 5. The molecular weight excluding hydrogens is 371 g/mol. The Balaban J connectivity index is 1.42. The monoisotopic (exact) mass is 396 g/mol. The van der Waals surface area contributed by atoms with Gasteiger partial charge in [-0.15, -0.1) is 0 Å². The number of para-hydroxylation sites is 1. The Morgan fingerprint density at radius 2 is 1.97 bits per heavy atom. The van der Waals surface area contributed by atoms with E-state index in [9.17, 15) is 9.18 Å². The van der Waals surface area contributed by atoms with Crippen molar-refractivity contribution >= 4 is 28.5 Å². The third-order valence-electron chi connectivity index (χ3n) is 5.37. The first-order valence-electron chi connectivity index (χ1n) is 9.79. The predicted molar refractivity (Wildman–Crippen MR) is 114 cm³/mol. The normalized spacial score (nSPS) is 18.1. The van der Waals surface area contributed by atoms with Crippen LogP contribution in [0.3, 0.4) is 0 Å². The van der Waals surface area contributed by atoms with E-state index in [0.29, 0.717) is 23.6 Å². The summed E-state index contributed by atoms with van der Waals surface area (Å²) in [4.78, 5) is 16.6. The van der Waals surface area contributed by atoms with Crippen LogP contribution in [0.25, 0.3) is 5.57 Å². The Kier molecular flexibility index (Phi) is 5.78. The summed E-state index contributed by atoms with van der Waals surface area (Å²) in [6.45, 7) is 4.98. The maximum absolute atomic E-state index is 14.7. The van der Waals surface area contributed by atoms with Crippen molar-refractivity contribution in [3.63, 3.8) is 0 Å². The third kappa shape index (κ3) is 4.26. The molecule has 152 valence electrons. The van der Waals surface area contributed by atoms with Gasteiger partial charge >= 0.3 is 0 Å². The molecule has 1 saturated heterocycles. The van der Waals surface area contributed by atoms with Gasteiger partial charge in [0, 0.05) is 63.0 Å². The van der Waals surface area contributed by atoms with Crippen LogP contribution in [0.5, 0.6) is 0 Å². The van der Waals surface area contributed by atoms with Crippen molar-refractivity contribution in [3.8, 4) is 0 Å². The Labute approximate surface area is 169 Å². The van der Waals surface area contributed by atoms with Crippen LogP contribution in [-0.2, 0) is 9.53 Å². The maximum atomic E-state index is 14.7. The molecule has 0 aliphatic carbocycles. The van der Waals surface area contributed by atoms with E-state index in [0.717, 1.165) is 44.0 Å². The summed E-state index contributed by atoms with van der Waals surface area (Å²) in [5.74, 6) is -0.433. The topological polar surface area (TPSA) is 56.8 Å². The highest BCUT2D eigenvalue weighted by Crippen LogP contribution is 2.31. The van der Waals surface area contributed by atoms with Crippen molar-refractivity contribution in [1.82, 2.24) is 4.90 Å². The number of nitrogens with zero attached hydrogens (tertiary/aromatic N) is 2. The quantitative estimate of drug-likeness (QED) is 0.736. The van der Waals surface area contributed by atoms with Gasteiger partial charge in [-0.3, -0.25) is 9.69 Å². The Morgan fingerprint density at radius 3 is 2.72 bits per heavy atom. The average molecular weight is 396 g/mol. The molecule has 2 heterocycles. The van der Waals surface area contributed by atoms with Crippen LogP contribution in [0.1, 0.15) is 5.56 Å². The van der Waals surface area contributed by atoms with Gasteiger partial charge in [0.1, 0.15) is 5.82 Å². The molecular formula is C22H25FN4O2. The number of fused-ring (bicyclic) bond motifs is 1. The minimum absolute atomic E-state index is 0.165. The molecule has 29 heavy (non-hydrogen) atoms. The minimum Gasteiger partial charge on any atom is -0.383 e. The van der Waals surface area contributed by atoms with E-state index < -0.39 is 0 Å². The SMILES string of the molecule is COCCN1CCN(c2ccc(N/C=C3/C(=O)Nc4ccccc43)cc2F)CC1. The van der Waals surface area contributed by atoms with Crippen LogP contribution in [0.15, 0.2) is 48.7 Å². The molecule has 1 amide bonds. The summed E-state index contributed by atoms with van der Waals surface area (Å²) in [6, 6.07) is 12.6. The second kappa shape index (κ2) is 8.63. The van der Waals surface area contributed by atoms with E-state index in [1.54, 1.807) is 19.4 Å². The number of halogens is 1. The number of ether oxygens (including phenoxy) is 1. The van der Waals surface area contributed by atoms with Gasteiger partial charge < -0.3 is 20.3 Å². The molecule has 0 unspecified atom stereocenters. The number of hydrogen-bond donors (Lipinski definition) is 2. The molecule has 6 nitrogen and oxygen atoms in total. The lowest BCUT2D eigenvalue weighted by molar-refractivity contribution is -0.110. The Hall–Kier alpha value is -2.90. The fourth-order valence-electron chi connectivity index (χ4n) is 3.72. The second-order valence-electron chi connectivity index (χ2n) is 7.19. The predicted octanol–water partition coefficient (Wildman–Crippen LogP) is 3.00. The number of rotatable bonds is 6. The standard InChI is InChI=1S/C22H25FN4O2/c1-29-13-12-26-8-10-27(11-9-26)21-7-6-16(14-19(21)23)24-15-18-17-4-2-3-5-20(17)25-22(18)28/h2-7,14-15,24H,8-13H2,1H3,(H,25,28)/b18-15+. The first-order valence-corrected chi connectivity index (χ1v) is 9.79. The lowest BCUT2D eigenvalue weighted by Gasteiger charge is -2.36. The van der Waals surface area contributed by atoms with Crippen molar-refractivity contribution in [2.45, 2.75) is 0 Å². The molecule has 2 aliphatic rings. The molecule has 0 bridgehead atoms. The fraction of sp³-hybridized carbons (Fsp3) is 0.318. The molecule has 4 rings (SSSR count). The molecule has 2 aromatic rings. The van der Waals surface area contributed by atoms with Gasteiger partial charge in [-0.2, -0.15) is 0 Å². The molecule has 2 aliphatic heterocycles. The van der Waals surface area contributed by atoms with Gasteiger partial charge in [-0.05, 0) is 24.3 Å². The smallest absolute Gasteiger partial charge is 0.257 e. The highest BCUT2D eigenvalue weighted by molar-refractivity contribution is 6.31. The van der Waals surface area contributed by atoms with E-state index in [-0.39, 0.29) is 11.7 Å².